The number of aromatic nitrogens is 3. The second-order valence-corrected chi connectivity index (χ2v) is 5.47. The van der Waals surface area contributed by atoms with Crippen LogP contribution in [0.5, 0.6) is 0 Å². The Morgan fingerprint density at radius 2 is 2.06 bits per heavy atom. The third-order valence-electron chi connectivity index (χ3n) is 4.05. The summed E-state index contributed by atoms with van der Waals surface area (Å²) in [5.74, 6) is 0.285. The van der Waals surface area contributed by atoms with Crippen molar-refractivity contribution in [3.63, 3.8) is 0 Å². The van der Waals surface area contributed by atoms with Crippen molar-refractivity contribution in [3.8, 4) is 0 Å². The summed E-state index contributed by atoms with van der Waals surface area (Å²) in [6.07, 6.45) is 7.69. The van der Waals surface area contributed by atoms with E-state index in [-0.39, 0.29) is 11.3 Å². The Balaban J connectivity index is 2.13. The summed E-state index contributed by atoms with van der Waals surface area (Å²) in [5.41, 5.74) is 0.491. The third-order valence-corrected chi connectivity index (χ3v) is 4.05. The molecule has 0 unspecified atom stereocenters. The van der Waals surface area contributed by atoms with E-state index in [9.17, 15) is 4.79 Å². The van der Waals surface area contributed by atoms with Crippen molar-refractivity contribution in [1.82, 2.24) is 19.9 Å². The lowest BCUT2D eigenvalue weighted by Crippen LogP contribution is -2.53. The van der Waals surface area contributed by atoms with Gasteiger partial charge in [0.2, 0.25) is 0 Å². The van der Waals surface area contributed by atoms with Crippen LogP contribution in [0.15, 0.2) is 6.20 Å². The fourth-order valence-corrected chi connectivity index (χ4v) is 2.92. The average molecular weight is 250 g/mol. The van der Waals surface area contributed by atoms with Crippen molar-refractivity contribution in [2.24, 2.45) is 7.05 Å². The highest BCUT2D eigenvalue weighted by atomic mass is 16.1. The molecule has 0 radical (unpaired) electrons. The van der Waals surface area contributed by atoms with Gasteiger partial charge in [0.1, 0.15) is 0 Å². The number of aryl methyl sites for hydroxylation is 1. The Kier molecular flexibility index (Phi) is 3.80. The van der Waals surface area contributed by atoms with E-state index >= 15 is 0 Å². The molecule has 18 heavy (non-hydrogen) atoms. The zero-order chi connectivity index (χ0) is 13.2. The molecule has 100 valence electrons. The first kappa shape index (κ1) is 13.2. The zero-order valence-corrected chi connectivity index (χ0v) is 11.5. The molecule has 1 aromatic heterocycles. The van der Waals surface area contributed by atoms with E-state index in [4.69, 9.17) is 0 Å². The number of Topliss-reactive ketones (excluding diaryl/α,β-unsaturated/α-hetero) is 1. The van der Waals surface area contributed by atoms with Crippen LogP contribution < -0.4 is 0 Å². The highest BCUT2D eigenvalue weighted by Gasteiger charge is 2.41. The van der Waals surface area contributed by atoms with E-state index in [2.05, 4.69) is 15.2 Å². The van der Waals surface area contributed by atoms with Gasteiger partial charge in [-0.1, -0.05) is 24.5 Å². The molecular formula is C13H22N4O. The molecule has 1 aliphatic rings. The Morgan fingerprint density at radius 3 is 2.56 bits per heavy atom. The average Bonchev–Trinajstić information content (AvgIpc) is 2.75. The van der Waals surface area contributed by atoms with E-state index in [1.807, 2.05) is 27.3 Å². The molecule has 5 nitrogen and oxygen atoms in total. The predicted molar refractivity (Wildman–Crippen MR) is 69.2 cm³/mol. The number of hydrogen-bond acceptors (Lipinski definition) is 4. The van der Waals surface area contributed by atoms with Crippen molar-refractivity contribution in [1.29, 1.82) is 0 Å². The largest absolute Gasteiger partial charge is 0.297 e. The standard InChI is InChI=1S/C13H22N4O/c1-16(2)13(7-5-4-6-8-13)12(18)9-11-10-17(3)15-14-11/h10H,4-9H2,1-3H3. The SMILES string of the molecule is CN(C)C1(C(=O)Cc2cn(C)nn2)CCCCC1. The van der Waals surface area contributed by atoms with Crippen molar-refractivity contribution in [3.05, 3.63) is 11.9 Å². The van der Waals surface area contributed by atoms with Crippen LogP contribution >= 0.6 is 0 Å². The molecular weight excluding hydrogens is 228 g/mol. The van der Waals surface area contributed by atoms with E-state index < -0.39 is 0 Å². The van der Waals surface area contributed by atoms with Gasteiger partial charge in [0.15, 0.2) is 5.78 Å². The van der Waals surface area contributed by atoms with Gasteiger partial charge in [-0.25, -0.2) is 0 Å². The first-order chi connectivity index (χ1) is 8.54. The van der Waals surface area contributed by atoms with E-state index in [1.165, 1.54) is 6.42 Å². The summed E-state index contributed by atoms with van der Waals surface area (Å²) in [5, 5.41) is 7.90. The van der Waals surface area contributed by atoms with E-state index in [0.29, 0.717) is 6.42 Å². The van der Waals surface area contributed by atoms with Gasteiger partial charge in [-0.2, -0.15) is 0 Å². The summed E-state index contributed by atoms with van der Waals surface area (Å²) < 4.78 is 1.64. The Bertz CT molecular complexity index is 418. The Hall–Kier alpha value is -1.23. The molecule has 0 saturated heterocycles. The first-order valence-corrected chi connectivity index (χ1v) is 6.60. The summed E-state index contributed by atoms with van der Waals surface area (Å²) in [7, 11) is 5.85. The van der Waals surface area contributed by atoms with Crippen LogP contribution in [0.2, 0.25) is 0 Å². The van der Waals surface area contributed by atoms with Crippen LogP contribution in [0.4, 0.5) is 0 Å². The van der Waals surface area contributed by atoms with Gasteiger partial charge in [-0.05, 0) is 26.9 Å². The molecule has 1 heterocycles. The fourth-order valence-electron chi connectivity index (χ4n) is 2.92. The highest BCUT2D eigenvalue weighted by molar-refractivity contribution is 5.90. The highest BCUT2D eigenvalue weighted by Crippen LogP contribution is 2.33. The van der Waals surface area contributed by atoms with Gasteiger partial charge < -0.3 is 0 Å². The van der Waals surface area contributed by atoms with Crippen LogP contribution in [0, 0.1) is 0 Å². The molecule has 1 fully saturated rings. The van der Waals surface area contributed by atoms with Crippen molar-refractivity contribution in [2.75, 3.05) is 14.1 Å². The van der Waals surface area contributed by atoms with Gasteiger partial charge in [0.05, 0.1) is 17.7 Å². The van der Waals surface area contributed by atoms with Crippen LogP contribution in [-0.4, -0.2) is 45.3 Å². The number of rotatable bonds is 4. The molecule has 1 aromatic rings. The molecule has 5 heteroatoms. The Labute approximate surface area is 108 Å². The molecule has 0 bridgehead atoms. The molecule has 0 atom stereocenters. The summed E-state index contributed by atoms with van der Waals surface area (Å²) in [4.78, 5) is 14.7. The van der Waals surface area contributed by atoms with Gasteiger partial charge in [0, 0.05) is 13.2 Å². The summed E-state index contributed by atoms with van der Waals surface area (Å²) >= 11 is 0. The minimum atomic E-state index is -0.282. The number of carbonyl (C=O) groups is 1. The van der Waals surface area contributed by atoms with Crippen molar-refractivity contribution >= 4 is 5.78 Å². The maximum Gasteiger partial charge on any atom is 0.159 e. The quantitative estimate of drug-likeness (QED) is 0.805. The third kappa shape index (κ3) is 2.46. The first-order valence-electron chi connectivity index (χ1n) is 6.60. The minimum Gasteiger partial charge on any atom is -0.297 e. The summed E-state index contributed by atoms with van der Waals surface area (Å²) in [6.45, 7) is 0. The lowest BCUT2D eigenvalue weighted by atomic mass is 9.76. The molecule has 0 aliphatic heterocycles. The maximum atomic E-state index is 12.6. The molecule has 1 saturated carbocycles. The second kappa shape index (κ2) is 5.18. The number of carbonyl (C=O) groups excluding carboxylic acids is 1. The van der Waals surface area contributed by atoms with Crippen LogP contribution in [-0.2, 0) is 18.3 Å². The van der Waals surface area contributed by atoms with Gasteiger partial charge in [-0.3, -0.25) is 14.4 Å². The molecule has 1 aliphatic carbocycles. The number of likely N-dealkylation sites (N-methyl/N-ethyl adjacent to an activating group) is 1. The van der Waals surface area contributed by atoms with Gasteiger partial charge >= 0.3 is 0 Å². The minimum absolute atomic E-state index is 0.282. The second-order valence-electron chi connectivity index (χ2n) is 5.47. The maximum absolute atomic E-state index is 12.6. The zero-order valence-electron chi connectivity index (χ0n) is 11.5. The van der Waals surface area contributed by atoms with Crippen molar-refractivity contribution in [2.45, 2.75) is 44.1 Å². The van der Waals surface area contributed by atoms with E-state index in [1.54, 1.807) is 4.68 Å². The topological polar surface area (TPSA) is 51.0 Å². The van der Waals surface area contributed by atoms with Crippen LogP contribution in [0.1, 0.15) is 37.8 Å². The summed E-state index contributed by atoms with van der Waals surface area (Å²) in [6, 6.07) is 0. The Morgan fingerprint density at radius 1 is 1.39 bits per heavy atom. The monoisotopic (exact) mass is 250 g/mol. The smallest absolute Gasteiger partial charge is 0.159 e. The van der Waals surface area contributed by atoms with Crippen LogP contribution in [0.25, 0.3) is 0 Å². The number of ketones is 1. The normalized spacial score (nSPS) is 19.1. The molecule has 0 N–H and O–H groups in total. The van der Waals surface area contributed by atoms with Gasteiger partial charge in [-0.15, -0.1) is 5.10 Å². The van der Waals surface area contributed by atoms with Gasteiger partial charge in [0.25, 0.3) is 0 Å². The molecule has 0 aromatic carbocycles. The number of hydrogen-bond donors (Lipinski definition) is 0. The molecule has 2 rings (SSSR count). The molecule has 0 amide bonds. The van der Waals surface area contributed by atoms with Crippen LogP contribution in [0.3, 0.4) is 0 Å². The fraction of sp³-hybridized carbons (Fsp3) is 0.769. The number of nitrogens with zero attached hydrogens (tertiary/aromatic N) is 4. The van der Waals surface area contributed by atoms with E-state index in [0.717, 1.165) is 31.4 Å². The lowest BCUT2D eigenvalue weighted by molar-refractivity contribution is -0.131. The predicted octanol–water partition coefficient (Wildman–Crippen LogP) is 1.19. The molecule has 0 spiro atoms. The lowest BCUT2D eigenvalue weighted by Gasteiger charge is -2.41. The van der Waals surface area contributed by atoms with Crippen molar-refractivity contribution < 1.29 is 4.79 Å².